The van der Waals surface area contributed by atoms with E-state index in [4.69, 9.17) is 9.47 Å². The van der Waals surface area contributed by atoms with Crippen LogP contribution in [0.5, 0.6) is 0 Å². The summed E-state index contributed by atoms with van der Waals surface area (Å²) in [5.74, 6) is 0. The quantitative estimate of drug-likeness (QED) is 0.849. The first-order valence-electron chi connectivity index (χ1n) is 8.76. The van der Waals surface area contributed by atoms with Gasteiger partial charge in [-0.1, -0.05) is 6.07 Å². The van der Waals surface area contributed by atoms with Gasteiger partial charge >= 0.3 is 6.09 Å². The molecule has 2 aliphatic rings. The molecule has 1 aromatic heterocycles. The number of aryl methyl sites for hydroxylation is 1. The topological polar surface area (TPSA) is 54.9 Å². The van der Waals surface area contributed by atoms with Crippen LogP contribution in [0.1, 0.15) is 31.5 Å². The molecule has 2 atom stereocenters. The summed E-state index contributed by atoms with van der Waals surface area (Å²) < 4.78 is 11.3. The first-order chi connectivity index (χ1) is 11.5. The predicted octanol–water partition coefficient (Wildman–Crippen LogP) is 2.21. The maximum absolute atomic E-state index is 12.1. The number of piperidine rings is 1. The average Bonchev–Trinajstić information content (AvgIpc) is 2.56. The normalized spacial score (nSPS) is 24.8. The summed E-state index contributed by atoms with van der Waals surface area (Å²) in [5.41, 5.74) is 2.35. The number of rotatable bonds is 3. The summed E-state index contributed by atoms with van der Waals surface area (Å²) in [6, 6.07) is 4.41. The Labute approximate surface area is 143 Å². The maximum Gasteiger partial charge on any atom is 0.410 e. The number of nitrogens with zero attached hydrogens (tertiary/aromatic N) is 3. The molecule has 2 aliphatic heterocycles. The second-order valence-electron chi connectivity index (χ2n) is 6.88. The average molecular weight is 333 g/mol. The fraction of sp³-hybridized carbons (Fsp3) is 0.667. The minimum absolute atomic E-state index is 0.0521. The van der Waals surface area contributed by atoms with Crippen molar-refractivity contribution in [2.45, 2.75) is 52.0 Å². The number of carbonyl (C=O) groups is 1. The van der Waals surface area contributed by atoms with E-state index >= 15 is 0 Å². The third-order valence-electron chi connectivity index (χ3n) is 4.77. The van der Waals surface area contributed by atoms with Crippen LogP contribution in [0.25, 0.3) is 0 Å². The van der Waals surface area contributed by atoms with Gasteiger partial charge in [-0.2, -0.15) is 0 Å². The van der Waals surface area contributed by atoms with Gasteiger partial charge in [0.05, 0.1) is 31.1 Å². The molecule has 0 aliphatic carbocycles. The summed E-state index contributed by atoms with van der Waals surface area (Å²) in [7, 11) is 0. The van der Waals surface area contributed by atoms with E-state index in [2.05, 4.69) is 22.9 Å². The Morgan fingerprint density at radius 1 is 1.46 bits per heavy atom. The van der Waals surface area contributed by atoms with Gasteiger partial charge in [0.2, 0.25) is 0 Å². The fourth-order valence-corrected chi connectivity index (χ4v) is 3.49. The van der Waals surface area contributed by atoms with Crippen molar-refractivity contribution in [2.75, 3.05) is 26.2 Å². The van der Waals surface area contributed by atoms with Gasteiger partial charge in [0.25, 0.3) is 0 Å². The first-order valence-corrected chi connectivity index (χ1v) is 8.76. The number of hydrogen-bond acceptors (Lipinski definition) is 5. The Hall–Kier alpha value is -1.66. The number of morpholine rings is 1. The van der Waals surface area contributed by atoms with Gasteiger partial charge in [0.1, 0.15) is 0 Å². The highest BCUT2D eigenvalue weighted by atomic mass is 16.6. The number of fused-ring (bicyclic) bond motifs is 1. The van der Waals surface area contributed by atoms with Crippen molar-refractivity contribution in [1.82, 2.24) is 14.8 Å². The molecular weight excluding hydrogens is 306 g/mol. The molecule has 2 fully saturated rings. The molecule has 0 saturated carbocycles. The first kappa shape index (κ1) is 17.2. The van der Waals surface area contributed by atoms with Gasteiger partial charge in [-0.05, 0) is 38.8 Å². The highest BCUT2D eigenvalue weighted by molar-refractivity contribution is 5.68. The number of amides is 1. The molecule has 0 unspecified atom stereocenters. The van der Waals surface area contributed by atoms with Crippen LogP contribution in [-0.2, 0) is 16.0 Å². The van der Waals surface area contributed by atoms with Crippen LogP contribution in [0.15, 0.2) is 18.3 Å². The molecule has 6 nitrogen and oxygen atoms in total. The zero-order valence-corrected chi connectivity index (χ0v) is 14.8. The monoisotopic (exact) mass is 333 g/mol. The Kier molecular flexibility index (Phi) is 5.36. The van der Waals surface area contributed by atoms with Gasteiger partial charge in [-0.25, -0.2) is 4.79 Å². The number of carbonyl (C=O) groups excluding carboxylic acids is 1. The Balaban J connectivity index is 1.63. The fourth-order valence-electron chi connectivity index (χ4n) is 3.49. The van der Waals surface area contributed by atoms with E-state index in [0.717, 1.165) is 25.2 Å². The van der Waals surface area contributed by atoms with Crippen LogP contribution in [-0.4, -0.2) is 65.4 Å². The van der Waals surface area contributed by atoms with E-state index in [0.29, 0.717) is 25.7 Å². The summed E-state index contributed by atoms with van der Waals surface area (Å²) >= 11 is 0. The third-order valence-corrected chi connectivity index (χ3v) is 4.77. The van der Waals surface area contributed by atoms with Crippen LogP contribution < -0.4 is 0 Å². The molecule has 132 valence electrons. The van der Waals surface area contributed by atoms with Gasteiger partial charge in [0, 0.05) is 31.9 Å². The van der Waals surface area contributed by atoms with E-state index < -0.39 is 0 Å². The second-order valence-corrected chi connectivity index (χ2v) is 6.88. The largest absolute Gasteiger partial charge is 0.447 e. The van der Waals surface area contributed by atoms with Gasteiger partial charge < -0.3 is 14.4 Å². The highest BCUT2D eigenvalue weighted by Crippen LogP contribution is 2.25. The summed E-state index contributed by atoms with van der Waals surface area (Å²) in [4.78, 5) is 20.9. The van der Waals surface area contributed by atoms with Gasteiger partial charge in [0.15, 0.2) is 0 Å². The molecule has 1 aromatic rings. The van der Waals surface area contributed by atoms with E-state index in [1.165, 1.54) is 5.56 Å². The van der Waals surface area contributed by atoms with Crippen LogP contribution in [0.3, 0.4) is 0 Å². The van der Waals surface area contributed by atoms with Gasteiger partial charge in [-0.3, -0.25) is 9.88 Å². The lowest BCUT2D eigenvalue weighted by molar-refractivity contribution is -0.105. The van der Waals surface area contributed by atoms with E-state index in [9.17, 15) is 4.79 Å². The number of hydrogen-bond donors (Lipinski definition) is 0. The molecule has 2 saturated heterocycles. The van der Waals surface area contributed by atoms with E-state index in [-0.39, 0.29) is 18.3 Å². The van der Waals surface area contributed by atoms with Crippen molar-refractivity contribution < 1.29 is 14.3 Å². The summed E-state index contributed by atoms with van der Waals surface area (Å²) in [6.07, 6.45) is 2.49. The zero-order chi connectivity index (χ0) is 17.1. The van der Waals surface area contributed by atoms with E-state index in [1.54, 1.807) is 4.90 Å². The number of ether oxygens (including phenoxy) is 2. The van der Waals surface area contributed by atoms with Crippen molar-refractivity contribution in [1.29, 1.82) is 0 Å². The van der Waals surface area contributed by atoms with Crippen LogP contribution in [0, 0.1) is 6.92 Å². The third kappa shape index (κ3) is 3.87. The van der Waals surface area contributed by atoms with Gasteiger partial charge in [-0.15, -0.1) is 0 Å². The Bertz CT molecular complexity index is 578. The molecular formula is C18H27N3O3. The van der Waals surface area contributed by atoms with Crippen LogP contribution >= 0.6 is 0 Å². The molecule has 3 heterocycles. The Morgan fingerprint density at radius 2 is 2.29 bits per heavy atom. The highest BCUT2D eigenvalue weighted by Gasteiger charge is 2.39. The molecule has 6 heteroatoms. The molecule has 0 bridgehead atoms. The van der Waals surface area contributed by atoms with E-state index in [1.807, 2.05) is 26.1 Å². The van der Waals surface area contributed by atoms with Crippen molar-refractivity contribution in [3.8, 4) is 0 Å². The summed E-state index contributed by atoms with van der Waals surface area (Å²) in [5, 5.41) is 0. The predicted molar refractivity (Wildman–Crippen MR) is 90.7 cm³/mol. The lowest BCUT2D eigenvalue weighted by Crippen LogP contribution is -2.60. The molecule has 1 amide bonds. The summed E-state index contributed by atoms with van der Waals surface area (Å²) in [6.45, 7) is 9.62. The van der Waals surface area contributed by atoms with Crippen LogP contribution in [0.4, 0.5) is 4.79 Å². The second kappa shape index (κ2) is 7.49. The van der Waals surface area contributed by atoms with Crippen molar-refractivity contribution in [3.63, 3.8) is 0 Å². The molecule has 3 rings (SSSR count). The SMILES string of the molecule is Cc1cccnc1CN1CCO[C@H]2CN(C(=O)OC(C)C)CC[C@@H]21. The lowest BCUT2D eigenvalue weighted by atomic mass is 9.98. The smallest absolute Gasteiger partial charge is 0.410 e. The minimum Gasteiger partial charge on any atom is -0.447 e. The molecule has 24 heavy (non-hydrogen) atoms. The minimum atomic E-state index is -0.232. The van der Waals surface area contributed by atoms with Crippen molar-refractivity contribution in [2.24, 2.45) is 0 Å². The lowest BCUT2D eigenvalue weighted by Gasteiger charge is -2.46. The maximum atomic E-state index is 12.1. The molecule has 0 N–H and O–H groups in total. The Morgan fingerprint density at radius 3 is 3.04 bits per heavy atom. The number of pyridine rings is 1. The number of likely N-dealkylation sites (tertiary alicyclic amines) is 1. The molecule has 0 radical (unpaired) electrons. The standard InChI is InChI=1S/C18H27N3O3/c1-13(2)24-18(22)21-8-6-16-17(12-21)23-10-9-20(16)11-15-14(3)5-4-7-19-15/h4-5,7,13,16-17H,6,8-12H2,1-3H3/t16-,17-/m0/s1. The van der Waals surface area contributed by atoms with Crippen LogP contribution in [0.2, 0.25) is 0 Å². The zero-order valence-electron chi connectivity index (χ0n) is 14.8. The van der Waals surface area contributed by atoms with Crippen molar-refractivity contribution >= 4 is 6.09 Å². The molecule has 0 aromatic carbocycles. The molecule has 0 spiro atoms. The number of aromatic nitrogens is 1. The van der Waals surface area contributed by atoms with Crippen molar-refractivity contribution in [3.05, 3.63) is 29.6 Å².